The lowest BCUT2D eigenvalue weighted by Gasteiger charge is -2.16. The fraction of sp³-hybridized carbons (Fsp3) is 0.462. The van der Waals surface area contributed by atoms with Crippen LogP contribution >= 0.6 is 0 Å². The lowest BCUT2D eigenvalue weighted by atomic mass is 10.1. The first-order valence-electron chi connectivity index (χ1n) is 5.90. The molecule has 1 heterocycles. The lowest BCUT2D eigenvalue weighted by Crippen LogP contribution is -2.44. The molecule has 1 aliphatic heterocycles. The molecular weight excluding hydrogens is 216 g/mol. The largest absolute Gasteiger partial charge is 0.488 e. The lowest BCUT2D eigenvalue weighted by molar-refractivity contribution is -0.122. The summed E-state index contributed by atoms with van der Waals surface area (Å²) in [6.45, 7) is 2.53. The Morgan fingerprint density at radius 2 is 2.29 bits per heavy atom. The maximum absolute atomic E-state index is 11.3. The Hall–Kier alpha value is -1.55. The van der Waals surface area contributed by atoms with E-state index in [4.69, 9.17) is 4.74 Å². The van der Waals surface area contributed by atoms with Crippen LogP contribution in [0, 0.1) is 0 Å². The third-order valence-electron chi connectivity index (χ3n) is 3.01. The van der Waals surface area contributed by atoms with Gasteiger partial charge in [-0.25, -0.2) is 0 Å². The first-order chi connectivity index (χ1) is 8.20. The highest BCUT2D eigenvalue weighted by Crippen LogP contribution is 2.27. The Kier molecular flexibility index (Phi) is 3.64. The molecule has 0 fully saturated rings. The summed E-state index contributed by atoms with van der Waals surface area (Å²) in [6, 6.07) is 7.87. The van der Waals surface area contributed by atoms with Crippen LogP contribution < -0.4 is 15.4 Å². The van der Waals surface area contributed by atoms with E-state index in [-0.39, 0.29) is 18.1 Å². The van der Waals surface area contributed by atoms with Crippen LogP contribution in [-0.2, 0) is 11.2 Å². The van der Waals surface area contributed by atoms with Gasteiger partial charge in [0.15, 0.2) is 0 Å². The molecule has 1 aliphatic rings. The number of hydrogen-bond acceptors (Lipinski definition) is 3. The molecule has 4 heteroatoms. The second kappa shape index (κ2) is 5.19. The van der Waals surface area contributed by atoms with Crippen molar-refractivity contribution in [2.45, 2.75) is 25.5 Å². The van der Waals surface area contributed by atoms with Crippen molar-refractivity contribution < 1.29 is 9.53 Å². The molecule has 4 nitrogen and oxygen atoms in total. The van der Waals surface area contributed by atoms with Crippen LogP contribution in [0.4, 0.5) is 0 Å². The number of fused-ring (bicyclic) bond motifs is 1. The summed E-state index contributed by atoms with van der Waals surface area (Å²) in [7, 11) is 1.64. The van der Waals surface area contributed by atoms with Gasteiger partial charge in [-0.2, -0.15) is 0 Å². The van der Waals surface area contributed by atoms with Gasteiger partial charge in [-0.15, -0.1) is 0 Å². The average Bonchev–Trinajstić information content (AvgIpc) is 2.77. The van der Waals surface area contributed by atoms with E-state index in [9.17, 15) is 4.79 Å². The van der Waals surface area contributed by atoms with Crippen molar-refractivity contribution in [2.24, 2.45) is 0 Å². The summed E-state index contributed by atoms with van der Waals surface area (Å²) in [5.74, 6) is 0.965. The highest BCUT2D eigenvalue weighted by atomic mass is 16.5. The number of carbonyl (C=O) groups excluding carboxylic acids is 1. The number of benzene rings is 1. The van der Waals surface area contributed by atoms with Gasteiger partial charge in [0.2, 0.25) is 5.91 Å². The fourth-order valence-corrected chi connectivity index (χ4v) is 1.99. The normalized spacial score (nSPS) is 19.3. The molecular formula is C13H18N2O2. The van der Waals surface area contributed by atoms with Gasteiger partial charge in [0.1, 0.15) is 11.9 Å². The fourth-order valence-electron chi connectivity index (χ4n) is 1.99. The zero-order valence-corrected chi connectivity index (χ0v) is 10.2. The minimum atomic E-state index is -0.188. The zero-order valence-electron chi connectivity index (χ0n) is 10.2. The Bertz CT molecular complexity index is 381. The van der Waals surface area contributed by atoms with E-state index in [0.29, 0.717) is 6.54 Å². The molecule has 0 aromatic heterocycles. The summed E-state index contributed by atoms with van der Waals surface area (Å²) in [5.41, 5.74) is 1.24. The van der Waals surface area contributed by atoms with Crippen molar-refractivity contribution in [1.29, 1.82) is 0 Å². The number of ether oxygens (including phenoxy) is 1. The molecule has 1 aromatic rings. The molecule has 2 rings (SSSR count). The number of nitrogens with one attached hydrogen (secondary N) is 2. The number of para-hydroxylation sites is 1. The van der Waals surface area contributed by atoms with Crippen LogP contribution in [0.3, 0.4) is 0 Å². The quantitative estimate of drug-likeness (QED) is 0.807. The highest BCUT2D eigenvalue weighted by molar-refractivity contribution is 5.80. The predicted molar refractivity (Wildman–Crippen MR) is 66.1 cm³/mol. The summed E-state index contributed by atoms with van der Waals surface area (Å²) < 4.78 is 5.78. The Labute approximate surface area is 101 Å². The van der Waals surface area contributed by atoms with Crippen LogP contribution in [0.15, 0.2) is 24.3 Å². The molecule has 0 saturated carbocycles. The molecule has 92 valence electrons. The third-order valence-corrected chi connectivity index (χ3v) is 3.01. The van der Waals surface area contributed by atoms with Gasteiger partial charge >= 0.3 is 0 Å². The summed E-state index contributed by atoms with van der Waals surface area (Å²) in [4.78, 5) is 11.3. The zero-order chi connectivity index (χ0) is 12.3. The van der Waals surface area contributed by atoms with Gasteiger partial charge in [0.05, 0.1) is 6.04 Å². The number of amides is 1. The van der Waals surface area contributed by atoms with Gasteiger partial charge in [-0.1, -0.05) is 18.2 Å². The summed E-state index contributed by atoms with van der Waals surface area (Å²) in [5, 5.41) is 5.79. The second-order valence-electron chi connectivity index (χ2n) is 4.30. The summed E-state index contributed by atoms with van der Waals surface area (Å²) >= 11 is 0. The topological polar surface area (TPSA) is 50.4 Å². The number of likely N-dealkylation sites (N-methyl/N-ethyl adjacent to an activating group) is 1. The summed E-state index contributed by atoms with van der Waals surface area (Å²) in [6.07, 6.45) is 1.03. The Morgan fingerprint density at radius 3 is 3.00 bits per heavy atom. The molecule has 0 radical (unpaired) electrons. The molecule has 0 saturated heterocycles. The average molecular weight is 234 g/mol. The van der Waals surface area contributed by atoms with E-state index < -0.39 is 0 Å². The molecule has 0 aliphatic carbocycles. The van der Waals surface area contributed by atoms with Crippen LogP contribution in [0.25, 0.3) is 0 Å². The van der Waals surface area contributed by atoms with Crippen molar-refractivity contribution >= 4 is 5.91 Å². The number of rotatable bonds is 4. The van der Waals surface area contributed by atoms with Gasteiger partial charge in [-0.05, 0) is 18.6 Å². The van der Waals surface area contributed by atoms with Crippen LogP contribution in [0.1, 0.15) is 12.5 Å². The van der Waals surface area contributed by atoms with Crippen molar-refractivity contribution in [3.05, 3.63) is 29.8 Å². The van der Waals surface area contributed by atoms with Gasteiger partial charge in [0, 0.05) is 20.0 Å². The molecule has 1 amide bonds. The van der Waals surface area contributed by atoms with Gasteiger partial charge < -0.3 is 15.4 Å². The maximum atomic E-state index is 11.3. The third kappa shape index (κ3) is 2.77. The molecule has 2 N–H and O–H groups in total. The van der Waals surface area contributed by atoms with E-state index >= 15 is 0 Å². The highest BCUT2D eigenvalue weighted by Gasteiger charge is 2.23. The van der Waals surface area contributed by atoms with Crippen LogP contribution in [0.2, 0.25) is 0 Å². The predicted octanol–water partition coefficient (Wildman–Crippen LogP) is 0.714. The number of carbonyl (C=O) groups is 1. The Morgan fingerprint density at radius 1 is 1.53 bits per heavy atom. The van der Waals surface area contributed by atoms with E-state index in [1.54, 1.807) is 7.05 Å². The second-order valence-corrected chi connectivity index (χ2v) is 4.30. The SMILES string of the molecule is CNC(=O)C(C)NCC1Cc2ccccc2O1. The van der Waals surface area contributed by atoms with Crippen LogP contribution in [-0.4, -0.2) is 31.6 Å². The van der Waals surface area contributed by atoms with Crippen molar-refractivity contribution in [1.82, 2.24) is 10.6 Å². The van der Waals surface area contributed by atoms with Gasteiger partial charge in [0.25, 0.3) is 0 Å². The van der Waals surface area contributed by atoms with E-state index in [1.807, 2.05) is 25.1 Å². The van der Waals surface area contributed by atoms with Crippen molar-refractivity contribution in [2.75, 3.05) is 13.6 Å². The first kappa shape index (κ1) is 11.9. The Balaban J connectivity index is 1.82. The maximum Gasteiger partial charge on any atom is 0.236 e. The minimum Gasteiger partial charge on any atom is -0.488 e. The van der Waals surface area contributed by atoms with Crippen molar-refractivity contribution in [3.8, 4) is 5.75 Å². The molecule has 1 aromatic carbocycles. The molecule has 0 bridgehead atoms. The van der Waals surface area contributed by atoms with Gasteiger partial charge in [-0.3, -0.25) is 4.79 Å². The standard InChI is InChI=1S/C13H18N2O2/c1-9(13(16)14-2)15-8-11-7-10-5-3-4-6-12(10)17-11/h3-6,9,11,15H,7-8H2,1-2H3,(H,14,16). The molecule has 17 heavy (non-hydrogen) atoms. The van der Waals surface area contributed by atoms with E-state index in [1.165, 1.54) is 5.56 Å². The smallest absolute Gasteiger partial charge is 0.236 e. The molecule has 2 unspecified atom stereocenters. The molecule has 0 spiro atoms. The first-order valence-corrected chi connectivity index (χ1v) is 5.90. The monoisotopic (exact) mass is 234 g/mol. The van der Waals surface area contributed by atoms with Crippen molar-refractivity contribution in [3.63, 3.8) is 0 Å². The number of hydrogen-bond donors (Lipinski definition) is 2. The minimum absolute atomic E-state index is 0.000473. The molecule has 2 atom stereocenters. The van der Waals surface area contributed by atoms with E-state index in [0.717, 1.165) is 12.2 Å². The van der Waals surface area contributed by atoms with Crippen LogP contribution in [0.5, 0.6) is 5.75 Å². The van der Waals surface area contributed by atoms with E-state index in [2.05, 4.69) is 16.7 Å².